The molecule has 0 aliphatic carbocycles. The van der Waals surface area contributed by atoms with Crippen molar-refractivity contribution < 1.29 is 29.3 Å². The molecule has 1 saturated heterocycles. The first-order valence-corrected chi connectivity index (χ1v) is 10.9. The summed E-state index contributed by atoms with van der Waals surface area (Å²) in [6.07, 6.45) is 3.13. The lowest BCUT2D eigenvalue weighted by atomic mass is 10.0. The molecule has 3 rings (SSSR count). The number of nitrogens with zero attached hydrogens (tertiary/aromatic N) is 1. The molecule has 0 spiro atoms. The number of hydrogen-bond acceptors (Lipinski definition) is 6. The van der Waals surface area contributed by atoms with Crippen LogP contribution in [0, 0.1) is 0 Å². The van der Waals surface area contributed by atoms with E-state index in [1.807, 2.05) is 6.07 Å². The molecule has 1 fully saturated rings. The number of carboxylic acids is 2. The van der Waals surface area contributed by atoms with Gasteiger partial charge in [0.15, 0.2) is 0 Å². The molecule has 1 amide bonds. The molecule has 0 radical (unpaired) electrons. The lowest BCUT2D eigenvalue weighted by Crippen LogP contribution is -2.47. The summed E-state index contributed by atoms with van der Waals surface area (Å²) >= 11 is 6.07. The van der Waals surface area contributed by atoms with Crippen LogP contribution >= 0.6 is 11.6 Å². The van der Waals surface area contributed by atoms with Gasteiger partial charge in [0.05, 0.1) is 23.4 Å². The van der Waals surface area contributed by atoms with Gasteiger partial charge in [-0.2, -0.15) is 0 Å². The van der Waals surface area contributed by atoms with Crippen molar-refractivity contribution in [1.29, 1.82) is 0 Å². The number of hydrogen-bond donors (Lipinski definition) is 4. The number of likely N-dealkylation sites (tertiary alicyclic amines) is 1. The number of nitrogens with one attached hydrogen (secondary N) is 1. The van der Waals surface area contributed by atoms with Crippen molar-refractivity contribution in [2.24, 2.45) is 0 Å². The Balaban J connectivity index is 0.000000440. The summed E-state index contributed by atoms with van der Waals surface area (Å²) in [6, 6.07) is 13.6. The summed E-state index contributed by atoms with van der Waals surface area (Å²) in [6.45, 7) is 2.76. The second-order valence-electron chi connectivity index (χ2n) is 7.62. The van der Waals surface area contributed by atoms with Crippen molar-refractivity contribution >= 4 is 35.1 Å². The Labute approximate surface area is 202 Å². The molecule has 0 saturated carbocycles. The number of methoxy groups -OCH3 is 1. The van der Waals surface area contributed by atoms with Gasteiger partial charge in [0, 0.05) is 37.3 Å². The quantitative estimate of drug-likeness (QED) is 0.343. The maximum absolute atomic E-state index is 12.7. The van der Waals surface area contributed by atoms with Gasteiger partial charge in [-0.25, -0.2) is 9.59 Å². The molecule has 5 N–H and O–H groups in total. The first-order chi connectivity index (χ1) is 16.2. The van der Waals surface area contributed by atoms with Crippen LogP contribution in [0.3, 0.4) is 0 Å². The number of benzene rings is 2. The average Bonchev–Trinajstić information content (AvgIpc) is 2.80. The molecular formula is C24H28ClN3O6. The van der Waals surface area contributed by atoms with Crippen LogP contribution in [-0.2, 0) is 16.1 Å². The van der Waals surface area contributed by atoms with Crippen molar-refractivity contribution in [3.05, 3.63) is 70.8 Å². The third kappa shape index (κ3) is 8.76. The van der Waals surface area contributed by atoms with Crippen LogP contribution in [0.1, 0.15) is 28.8 Å². The maximum Gasteiger partial charge on any atom is 0.328 e. The Morgan fingerprint density at radius 2 is 1.82 bits per heavy atom. The van der Waals surface area contributed by atoms with Crippen LogP contribution in [0.2, 0.25) is 5.02 Å². The zero-order valence-corrected chi connectivity index (χ0v) is 19.5. The molecule has 2 aromatic rings. The van der Waals surface area contributed by atoms with E-state index in [0.29, 0.717) is 34.2 Å². The number of halogens is 1. The van der Waals surface area contributed by atoms with E-state index in [4.69, 9.17) is 32.3 Å². The van der Waals surface area contributed by atoms with E-state index in [2.05, 4.69) is 34.5 Å². The van der Waals surface area contributed by atoms with Gasteiger partial charge < -0.3 is 26.0 Å². The monoisotopic (exact) mass is 489 g/mol. The molecule has 1 heterocycles. The van der Waals surface area contributed by atoms with Gasteiger partial charge in [-0.3, -0.25) is 9.69 Å². The van der Waals surface area contributed by atoms with Gasteiger partial charge in [-0.1, -0.05) is 41.9 Å². The number of aliphatic carboxylic acids is 2. The van der Waals surface area contributed by atoms with Crippen molar-refractivity contribution in [1.82, 2.24) is 10.2 Å². The van der Waals surface area contributed by atoms with Gasteiger partial charge in [0.2, 0.25) is 0 Å². The fraction of sp³-hybridized carbons (Fsp3) is 0.292. The van der Waals surface area contributed by atoms with Gasteiger partial charge in [-0.05, 0) is 31.0 Å². The highest BCUT2D eigenvalue weighted by Gasteiger charge is 2.23. The topological polar surface area (TPSA) is 142 Å². The molecule has 0 bridgehead atoms. The lowest BCUT2D eigenvalue weighted by molar-refractivity contribution is -0.134. The standard InChI is InChI=1S/C20H24ClN3O2.C4H4O4/c1-26-19-11-18(22)17(21)10-16(19)20(25)23-15-8-5-9-24(13-15)12-14-6-3-2-4-7-14;5-3(6)1-2-4(7)8/h2-4,6-7,10-11,15H,5,8-9,12-13,22H2,1H3,(H,23,25);1-2H,(H,5,6)(H,7,8)/b;2-1+. The summed E-state index contributed by atoms with van der Waals surface area (Å²) in [5.41, 5.74) is 7.88. The zero-order valence-electron chi connectivity index (χ0n) is 18.7. The molecule has 2 aromatic carbocycles. The molecule has 9 nitrogen and oxygen atoms in total. The molecular weight excluding hydrogens is 462 g/mol. The minimum atomic E-state index is -1.26. The van der Waals surface area contributed by atoms with Gasteiger partial charge in [-0.15, -0.1) is 0 Å². The number of anilines is 1. The molecule has 10 heteroatoms. The Morgan fingerprint density at radius 3 is 2.41 bits per heavy atom. The first kappa shape index (κ1) is 26.7. The number of nitrogen functional groups attached to an aromatic ring is 1. The molecule has 182 valence electrons. The van der Waals surface area contributed by atoms with E-state index in [-0.39, 0.29) is 11.9 Å². The van der Waals surface area contributed by atoms with E-state index in [9.17, 15) is 14.4 Å². The first-order valence-electron chi connectivity index (χ1n) is 10.5. The van der Waals surface area contributed by atoms with E-state index < -0.39 is 11.9 Å². The van der Waals surface area contributed by atoms with Crippen molar-refractivity contribution in [2.45, 2.75) is 25.4 Å². The third-order valence-corrected chi connectivity index (χ3v) is 5.35. The lowest BCUT2D eigenvalue weighted by Gasteiger charge is -2.33. The van der Waals surface area contributed by atoms with Gasteiger partial charge in [0.1, 0.15) is 5.75 Å². The van der Waals surface area contributed by atoms with Crippen LogP contribution in [-0.4, -0.2) is 59.2 Å². The van der Waals surface area contributed by atoms with Crippen molar-refractivity contribution in [3.63, 3.8) is 0 Å². The Kier molecular flexibility index (Phi) is 10.4. The molecule has 1 unspecified atom stereocenters. The summed E-state index contributed by atoms with van der Waals surface area (Å²) in [4.78, 5) is 34.2. The summed E-state index contributed by atoms with van der Waals surface area (Å²) < 4.78 is 5.28. The second-order valence-corrected chi connectivity index (χ2v) is 8.02. The highest BCUT2D eigenvalue weighted by atomic mass is 35.5. The maximum atomic E-state index is 12.7. The number of piperidine rings is 1. The van der Waals surface area contributed by atoms with Gasteiger partial charge >= 0.3 is 11.9 Å². The summed E-state index contributed by atoms with van der Waals surface area (Å²) in [7, 11) is 1.52. The smallest absolute Gasteiger partial charge is 0.328 e. The van der Waals surface area contributed by atoms with Crippen LogP contribution in [0.5, 0.6) is 5.75 Å². The minimum Gasteiger partial charge on any atom is -0.496 e. The average molecular weight is 490 g/mol. The van der Waals surface area contributed by atoms with E-state index in [0.717, 1.165) is 32.5 Å². The molecule has 1 atom stereocenters. The zero-order chi connectivity index (χ0) is 25.1. The number of carbonyl (C=O) groups excluding carboxylic acids is 1. The van der Waals surface area contributed by atoms with E-state index in [1.54, 1.807) is 12.1 Å². The van der Waals surface area contributed by atoms with Gasteiger partial charge in [0.25, 0.3) is 5.91 Å². The van der Waals surface area contributed by atoms with E-state index >= 15 is 0 Å². The van der Waals surface area contributed by atoms with Crippen LogP contribution in [0.25, 0.3) is 0 Å². The fourth-order valence-corrected chi connectivity index (χ4v) is 3.64. The second kappa shape index (κ2) is 13.2. The van der Waals surface area contributed by atoms with Crippen LogP contribution < -0.4 is 15.8 Å². The van der Waals surface area contributed by atoms with Crippen molar-refractivity contribution in [2.75, 3.05) is 25.9 Å². The van der Waals surface area contributed by atoms with Crippen molar-refractivity contribution in [3.8, 4) is 5.75 Å². The highest BCUT2D eigenvalue weighted by Crippen LogP contribution is 2.29. The van der Waals surface area contributed by atoms with Crippen LogP contribution in [0.15, 0.2) is 54.6 Å². The van der Waals surface area contributed by atoms with Crippen LogP contribution in [0.4, 0.5) is 5.69 Å². The Morgan fingerprint density at radius 1 is 1.18 bits per heavy atom. The number of ether oxygens (including phenoxy) is 1. The minimum absolute atomic E-state index is 0.0981. The SMILES string of the molecule is COc1cc(N)c(Cl)cc1C(=O)NC1CCCN(Cc2ccccc2)C1.O=C(O)/C=C/C(=O)O. The Hall–Kier alpha value is -3.56. The predicted molar refractivity (Wildman–Crippen MR) is 129 cm³/mol. The molecule has 0 aromatic heterocycles. The third-order valence-electron chi connectivity index (χ3n) is 5.02. The Bertz CT molecular complexity index is 1010. The molecule has 34 heavy (non-hydrogen) atoms. The number of nitrogens with two attached hydrogens (primary N) is 1. The number of amides is 1. The number of carboxylic acid groups (broad SMARTS) is 2. The normalized spacial score (nSPS) is 15.8. The number of rotatable bonds is 7. The predicted octanol–water partition coefficient (Wildman–Crippen LogP) is 3.04. The summed E-state index contributed by atoms with van der Waals surface area (Å²) in [5, 5.41) is 19.1. The molecule has 1 aliphatic rings. The summed E-state index contributed by atoms with van der Waals surface area (Å²) in [5.74, 6) is -2.27. The highest BCUT2D eigenvalue weighted by molar-refractivity contribution is 6.33. The fourth-order valence-electron chi connectivity index (χ4n) is 3.48. The molecule has 1 aliphatic heterocycles. The van der Waals surface area contributed by atoms with E-state index in [1.165, 1.54) is 12.7 Å². The number of carbonyl (C=O) groups is 3. The largest absolute Gasteiger partial charge is 0.496 e.